The fraction of sp³-hybridized carbons (Fsp3) is 0.727. The largest absolute Gasteiger partial charge is 0.432 e. The minimum absolute atomic E-state index is 0.164. The van der Waals surface area contributed by atoms with E-state index in [9.17, 15) is 0 Å². The first-order valence-electron chi connectivity index (χ1n) is 5.47. The lowest BCUT2D eigenvalue weighted by Gasteiger charge is -2.26. The van der Waals surface area contributed by atoms with Crippen molar-refractivity contribution in [1.82, 2.24) is 4.98 Å². The van der Waals surface area contributed by atoms with Crippen LogP contribution in [-0.2, 0) is 15.4 Å². The Bertz CT molecular complexity index is 319. The molecule has 0 radical (unpaired) electrons. The Balaban J connectivity index is 2.73. The SMILES string of the molecule is COCCN(c1nc(CCl)co1)C(C)COC. The van der Waals surface area contributed by atoms with Gasteiger partial charge in [-0.1, -0.05) is 0 Å². The summed E-state index contributed by atoms with van der Waals surface area (Å²) in [6.07, 6.45) is 1.57. The van der Waals surface area contributed by atoms with Crippen molar-refractivity contribution in [3.63, 3.8) is 0 Å². The molecule has 1 rings (SSSR count). The zero-order valence-corrected chi connectivity index (χ0v) is 11.2. The highest BCUT2D eigenvalue weighted by atomic mass is 35.5. The molecule has 0 aliphatic rings. The van der Waals surface area contributed by atoms with E-state index >= 15 is 0 Å². The number of halogens is 1. The number of nitrogens with zero attached hydrogens (tertiary/aromatic N) is 2. The van der Waals surface area contributed by atoms with Crippen molar-refractivity contribution in [3.05, 3.63) is 12.0 Å². The van der Waals surface area contributed by atoms with Gasteiger partial charge in [-0.05, 0) is 6.92 Å². The van der Waals surface area contributed by atoms with Gasteiger partial charge in [0.25, 0.3) is 6.01 Å². The van der Waals surface area contributed by atoms with Crippen LogP contribution in [0.25, 0.3) is 0 Å². The summed E-state index contributed by atoms with van der Waals surface area (Å²) in [5, 5.41) is 0. The molecular formula is C11H19ClN2O3. The number of methoxy groups -OCH3 is 2. The van der Waals surface area contributed by atoms with Crippen molar-refractivity contribution < 1.29 is 13.9 Å². The van der Waals surface area contributed by atoms with Crippen LogP contribution in [0, 0.1) is 0 Å². The molecule has 0 N–H and O–H groups in total. The molecule has 0 aromatic carbocycles. The number of hydrogen-bond acceptors (Lipinski definition) is 5. The summed E-state index contributed by atoms with van der Waals surface area (Å²) in [7, 11) is 3.34. The smallest absolute Gasteiger partial charge is 0.297 e. The first-order chi connectivity index (χ1) is 8.22. The fourth-order valence-electron chi connectivity index (χ4n) is 1.51. The van der Waals surface area contributed by atoms with Crippen LogP contribution in [0.2, 0.25) is 0 Å². The van der Waals surface area contributed by atoms with Gasteiger partial charge in [-0.2, -0.15) is 4.98 Å². The lowest BCUT2D eigenvalue weighted by atomic mass is 10.3. The number of alkyl halides is 1. The molecule has 1 aromatic rings. The topological polar surface area (TPSA) is 47.7 Å². The van der Waals surface area contributed by atoms with E-state index in [-0.39, 0.29) is 6.04 Å². The predicted molar refractivity (Wildman–Crippen MR) is 66.6 cm³/mol. The number of anilines is 1. The number of ether oxygens (including phenoxy) is 2. The van der Waals surface area contributed by atoms with Gasteiger partial charge in [0.15, 0.2) is 0 Å². The Labute approximate surface area is 107 Å². The molecule has 1 heterocycles. The minimum Gasteiger partial charge on any atom is -0.432 e. The van der Waals surface area contributed by atoms with Gasteiger partial charge in [-0.25, -0.2) is 0 Å². The van der Waals surface area contributed by atoms with Gasteiger partial charge in [-0.3, -0.25) is 0 Å². The summed E-state index contributed by atoms with van der Waals surface area (Å²) in [5.41, 5.74) is 0.730. The Morgan fingerprint density at radius 3 is 2.76 bits per heavy atom. The molecule has 0 bridgehead atoms. The Hall–Kier alpha value is -0.780. The second-order valence-corrected chi connectivity index (χ2v) is 4.01. The number of oxazole rings is 1. The Morgan fingerprint density at radius 1 is 1.47 bits per heavy atom. The maximum atomic E-state index is 5.70. The van der Waals surface area contributed by atoms with Gasteiger partial charge in [-0.15, -0.1) is 11.6 Å². The van der Waals surface area contributed by atoms with Crippen LogP contribution in [-0.4, -0.2) is 45.0 Å². The van der Waals surface area contributed by atoms with Crippen molar-refractivity contribution in [2.45, 2.75) is 18.8 Å². The lowest BCUT2D eigenvalue weighted by Crippen LogP contribution is -2.38. The van der Waals surface area contributed by atoms with E-state index < -0.39 is 0 Å². The Morgan fingerprint density at radius 2 is 2.24 bits per heavy atom. The number of aromatic nitrogens is 1. The summed E-state index contributed by atoms with van der Waals surface area (Å²) < 4.78 is 15.6. The Kier molecular flexibility index (Phi) is 6.32. The van der Waals surface area contributed by atoms with E-state index in [2.05, 4.69) is 4.98 Å². The lowest BCUT2D eigenvalue weighted by molar-refractivity contribution is 0.168. The second-order valence-electron chi connectivity index (χ2n) is 3.75. The molecule has 0 spiro atoms. The highest BCUT2D eigenvalue weighted by molar-refractivity contribution is 6.16. The van der Waals surface area contributed by atoms with Crippen LogP contribution in [0.1, 0.15) is 12.6 Å². The van der Waals surface area contributed by atoms with Gasteiger partial charge in [0.2, 0.25) is 0 Å². The van der Waals surface area contributed by atoms with Gasteiger partial charge >= 0.3 is 0 Å². The highest BCUT2D eigenvalue weighted by Gasteiger charge is 2.19. The van der Waals surface area contributed by atoms with Crippen molar-refractivity contribution in [3.8, 4) is 0 Å². The zero-order chi connectivity index (χ0) is 12.7. The standard InChI is InChI=1S/C11H19ClN2O3/c1-9(7-16-3)14(4-5-15-2)11-13-10(6-12)8-17-11/h8-9H,4-7H2,1-3H3. The van der Waals surface area contributed by atoms with Crippen LogP contribution in [0.3, 0.4) is 0 Å². The predicted octanol–water partition coefficient (Wildman–Crippen LogP) is 1.90. The van der Waals surface area contributed by atoms with E-state index in [4.69, 9.17) is 25.5 Å². The van der Waals surface area contributed by atoms with Crippen molar-refractivity contribution in [1.29, 1.82) is 0 Å². The average molecular weight is 263 g/mol. The van der Waals surface area contributed by atoms with Crippen LogP contribution >= 0.6 is 11.6 Å². The first-order valence-corrected chi connectivity index (χ1v) is 6.01. The number of hydrogen-bond donors (Lipinski definition) is 0. The summed E-state index contributed by atoms with van der Waals surface area (Å²) in [6, 6.07) is 0.722. The first kappa shape index (κ1) is 14.3. The molecule has 6 heteroatoms. The third kappa shape index (κ3) is 4.18. The van der Waals surface area contributed by atoms with E-state index in [1.54, 1.807) is 20.5 Å². The van der Waals surface area contributed by atoms with Gasteiger partial charge in [0.05, 0.1) is 30.8 Å². The van der Waals surface area contributed by atoms with Crippen LogP contribution in [0.15, 0.2) is 10.7 Å². The zero-order valence-electron chi connectivity index (χ0n) is 10.5. The molecule has 17 heavy (non-hydrogen) atoms. The molecule has 1 aromatic heterocycles. The summed E-state index contributed by atoms with van der Waals surface area (Å²) in [5.74, 6) is 0.347. The quantitative estimate of drug-likeness (QED) is 0.670. The molecule has 98 valence electrons. The third-order valence-electron chi connectivity index (χ3n) is 2.40. The fourth-order valence-corrected chi connectivity index (χ4v) is 1.64. The average Bonchev–Trinajstić information content (AvgIpc) is 2.78. The highest BCUT2D eigenvalue weighted by Crippen LogP contribution is 2.17. The molecule has 0 amide bonds. The van der Waals surface area contributed by atoms with Gasteiger partial charge in [0, 0.05) is 20.8 Å². The minimum atomic E-state index is 0.164. The van der Waals surface area contributed by atoms with Crippen LogP contribution < -0.4 is 4.90 Å². The van der Waals surface area contributed by atoms with Crippen molar-refractivity contribution >= 4 is 17.6 Å². The maximum Gasteiger partial charge on any atom is 0.297 e. The maximum absolute atomic E-state index is 5.70. The van der Waals surface area contributed by atoms with Gasteiger partial charge in [0.1, 0.15) is 6.26 Å². The van der Waals surface area contributed by atoms with Crippen LogP contribution in [0.5, 0.6) is 0 Å². The molecule has 0 saturated heterocycles. The molecule has 1 atom stereocenters. The summed E-state index contributed by atoms with van der Waals surface area (Å²) in [6.45, 7) is 3.95. The monoisotopic (exact) mass is 262 g/mol. The van der Waals surface area contributed by atoms with E-state index in [0.29, 0.717) is 31.7 Å². The van der Waals surface area contributed by atoms with Gasteiger partial charge < -0.3 is 18.8 Å². The van der Waals surface area contributed by atoms with E-state index in [1.165, 1.54) is 0 Å². The summed E-state index contributed by atoms with van der Waals surface area (Å²) >= 11 is 5.70. The molecule has 0 fully saturated rings. The molecule has 1 unspecified atom stereocenters. The number of rotatable bonds is 8. The summed E-state index contributed by atoms with van der Waals surface area (Å²) in [4.78, 5) is 6.30. The normalized spacial score (nSPS) is 12.7. The molecule has 0 aliphatic heterocycles. The molecular weight excluding hydrogens is 244 g/mol. The van der Waals surface area contributed by atoms with Crippen molar-refractivity contribution in [2.75, 3.05) is 38.9 Å². The van der Waals surface area contributed by atoms with E-state index in [1.807, 2.05) is 11.8 Å². The molecule has 5 nitrogen and oxygen atoms in total. The van der Waals surface area contributed by atoms with Crippen molar-refractivity contribution in [2.24, 2.45) is 0 Å². The van der Waals surface area contributed by atoms with Crippen LogP contribution in [0.4, 0.5) is 6.01 Å². The second kappa shape index (κ2) is 7.53. The third-order valence-corrected chi connectivity index (χ3v) is 2.67. The van der Waals surface area contributed by atoms with E-state index in [0.717, 1.165) is 5.69 Å². The molecule has 0 saturated carbocycles. The molecule has 0 aliphatic carbocycles.